The summed E-state index contributed by atoms with van der Waals surface area (Å²) in [5, 5.41) is 11.3. The van der Waals surface area contributed by atoms with Crippen LogP contribution in [0, 0.1) is 5.92 Å². The lowest BCUT2D eigenvalue weighted by Crippen LogP contribution is -2.43. The van der Waals surface area contributed by atoms with Crippen molar-refractivity contribution < 1.29 is 9.90 Å². The van der Waals surface area contributed by atoms with Gasteiger partial charge in [0.1, 0.15) is 5.92 Å². The number of rotatable bonds is 2. The predicted molar refractivity (Wildman–Crippen MR) is 64.3 cm³/mol. The van der Waals surface area contributed by atoms with Crippen molar-refractivity contribution in [2.45, 2.75) is 19.4 Å². The molecule has 3 nitrogen and oxygen atoms in total. The predicted octanol–water partition coefficient (Wildman–Crippen LogP) is 2.51. The van der Waals surface area contributed by atoms with Gasteiger partial charge in [-0.1, -0.05) is 6.07 Å². The van der Waals surface area contributed by atoms with Crippen LogP contribution in [0.15, 0.2) is 29.3 Å². The maximum Gasteiger partial charge on any atom is 0.313 e. The summed E-state index contributed by atoms with van der Waals surface area (Å²) >= 11 is 1.61. The number of aliphatic carboxylic acids is 1. The van der Waals surface area contributed by atoms with Crippen LogP contribution in [-0.4, -0.2) is 23.0 Å². The van der Waals surface area contributed by atoms with E-state index in [1.807, 2.05) is 44.5 Å². The van der Waals surface area contributed by atoms with Crippen LogP contribution in [0.25, 0.3) is 0 Å². The summed E-state index contributed by atoms with van der Waals surface area (Å²) in [6.07, 6.45) is 1.84. The van der Waals surface area contributed by atoms with Crippen LogP contribution >= 0.6 is 11.3 Å². The lowest BCUT2D eigenvalue weighted by Gasteiger charge is -2.37. The summed E-state index contributed by atoms with van der Waals surface area (Å²) in [6, 6.07) is 3.97. The lowest BCUT2D eigenvalue weighted by molar-refractivity contribution is -0.143. The topological polar surface area (TPSA) is 40.5 Å². The molecule has 1 aromatic heterocycles. The number of hydrogen-bond acceptors (Lipinski definition) is 3. The van der Waals surface area contributed by atoms with Crippen molar-refractivity contribution in [1.29, 1.82) is 0 Å². The molecule has 0 fully saturated rings. The Bertz CT molecular complexity index is 438. The Balaban J connectivity index is 2.50. The van der Waals surface area contributed by atoms with Crippen molar-refractivity contribution in [3.8, 4) is 0 Å². The van der Waals surface area contributed by atoms with Gasteiger partial charge < -0.3 is 10.0 Å². The van der Waals surface area contributed by atoms with Gasteiger partial charge >= 0.3 is 5.97 Å². The minimum atomic E-state index is -0.764. The first-order valence-electron chi connectivity index (χ1n) is 5.17. The summed E-state index contributed by atoms with van der Waals surface area (Å²) in [6.45, 7) is 3.94. The van der Waals surface area contributed by atoms with E-state index < -0.39 is 17.4 Å². The Hall–Kier alpha value is -1.29. The van der Waals surface area contributed by atoms with E-state index in [4.69, 9.17) is 0 Å². The molecule has 0 radical (unpaired) electrons. The van der Waals surface area contributed by atoms with Crippen LogP contribution in [-0.2, 0) is 10.3 Å². The molecule has 2 heterocycles. The van der Waals surface area contributed by atoms with E-state index >= 15 is 0 Å². The van der Waals surface area contributed by atoms with Crippen molar-refractivity contribution in [2.24, 2.45) is 5.92 Å². The third kappa shape index (κ3) is 1.37. The van der Waals surface area contributed by atoms with Crippen molar-refractivity contribution >= 4 is 17.3 Å². The van der Waals surface area contributed by atoms with Crippen LogP contribution in [0.4, 0.5) is 0 Å². The van der Waals surface area contributed by atoms with Crippen LogP contribution in [0.5, 0.6) is 0 Å². The molecule has 0 unspecified atom stereocenters. The molecule has 0 saturated heterocycles. The number of carboxylic acids is 1. The molecule has 0 amide bonds. The largest absolute Gasteiger partial charge is 0.481 e. The zero-order valence-corrected chi connectivity index (χ0v) is 10.4. The molecule has 0 spiro atoms. The summed E-state index contributed by atoms with van der Waals surface area (Å²) in [7, 11) is 1.95. The van der Waals surface area contributed by atoms with Gasteiger partial charge in [0.25, 0.3) is 0 Å². The molecular formula is C12H15NO2S. The molecule has 16 heavy (non-hydrogen) atoms. The Morgan fingerprint density at radius 2 is 2.31 bits per heavy atom. The van der Waals surface area contributed by atoms with Gasteiger partial charge in [0.2, 0.25) is 0 Å². The highest BCUT2D eigenvalue weighted by Gasteiger charge is 2.47. The van der Waals surface area contributed by atoms with Crippen LogP contribution in [0.2, 0.25) is 0 Å². The van der Waals surface area contributed by atoms with Crippen LogP contribution < -0.4 is 0 Å². The summed E-state index contributed by atoms with van der Waals surface area (Å²) in [5.74, 6) is -1.24. The Kier molecular flexibility index (Phi) is 2.54. The molecular weight excluding hydrogens is 222 g/mol. The standard InChI is InChI=1S/C12H15NO2S/c1-8-7-9(11(14)15)12(2,13(8)3)10-5-4-6-16-10/h4-7,9H,1-3H3,(H,14,15)/t9-,12+/m0/s1. The number of hydrogen-bond donors (Lipinski definition) is 1. The average Bonchev–Trinajstić information content (AvgIpc) is 2.82. The monoisotopic (exact) mass is 237 g/mol. The van der Waals surface area contributed by atoms with Crippen molar-refractivity contribution in [3.05, 3.63) is 34.2 Å². The molecule has 4 heteroatoms. The Morgan fingerprint density at radius 3 is 2.81 bits per heavy atom. The molecule has 0 saturated carbocycles. The van der Waals surface area contributed by atoms with E-state index in [1.54, 1.807) is 11.3 Å². The summed E-state index contributed by atoms with van der Waals surface area (Å²) < 4.78 is 0. The molecule has 0 aromatic carbocycles. The summed E-state index contributed by atoms with van der Waals surface area (Å²) in [5.41, 5.74) is 0.563. The SMILES string of the molecule is CC1=C[C@@H](C(=O)O)[C@](C)(c2cccs2)N1C. The number of allylic oxidation sites excluding steroid dienone is 1. The fraction of sp³-hybridized carbons (Fsp3) is 0.417. The number of nitrogens with zero attached hydrogens (tertiary/aromatic N) is 1. The van der Waals surface area contributed by atoms with E-state index in [2.05, 4.69) is 4.90 Å². The normalized spacial score (nSPS) is 29.3. The molecule has 0 aliphatic carbocycles. The third-order valence-electron chi connectivity index (χ3n) is 3.53. The van der Waals surface area contributed by atoms with Crippen molar-refractivity contribution in [1.82, 2.24) is 4.90 Å². The van der Waals surface area contributed by atoms with Gasteiger partial charge in [-0.25, -0.2) is 0 Å². The van der Waals surface area contributed by atoms with Crippen molar-refractivity contribution in [3.63, 3.8) is 0 Å². The van der Waals surface area contributed by atoms with E-state index in [1.165, 1.54) is 0 Å². The lowest BCUT2D eigenvalue weighted by atomic mass is 9.86. The Morgan fingerprint density at radius 1 is 1.62 bits per heavy atom. The molecule has 86 valence electrons. The van der Waals surface area contributed by atoms with Gasteiger partial charge in [0.15, 0.2) is 0 Å². The number of carbonyl (C=O) groups is 1. The van der Waals surface area contributed by atoms with Gasteiger partial charge in [-0.05, 0) is 31.4 Å². The minimum Gasteiger partial charge on any atom is -0.481 e. The van der Waals surface area contributed by atoms with E-state index in [0.717, 1.165) is 10.6 Å². The maximum absolute atomic E-state index is 11.3. The number of thiophene rings is 1. The van der Waals surface area contributed by atoms with E-state index in [0.29, 0.717) is 0 Å². The summed E-state index contributed by atoms with van der Waals surface area (Å²) in [4.78, 5) is 14.5. The highest BCUT2D eigenvalue weighted by atomic mass is 32.1. The average molecular weight is 237 g/mol. The molecule has 1 aromatic rings. The zero-order valence-electron chi connectivity index (χ0n) is 9.60. The van der Waals surface area contributed by atoms with Crippen LogP contribution in [0.3, 0.4) is 0 Å². The Labute approximate surface area is 99.0 Å². The highest BCUT2D eigenvalue weighted by molar-refractivity contribution is 7.10. The first-order valence-corrected chi connectivity index (χ1v) is 6.05. The molecule has 1 aliphatic heterocycles. The van der Waals surface area contributed by atoms with E-state index in [9.17, 15) is 9.90 Å². The highest BCUT2D eigenvalue weighted by Crippen LogP contribution is 2.45. The first-order chi connectivity index (χ1) is 7.48. The van der Waals surface area contributed by atoms with Crippen LogP contribution in [0.1, 0.15) is 18.7 Å². The molecule has 2 rings (SSSR count). The third-order valence-corrected chi connectivity index (χ3v) is 4.62. The van der Waals surface area contributed by atoms with E-state index in [-0.39, 0.29) is 0 Å². The zero-order chi connectivity index (χ0) is 11.9. The number of carboxylic acid groups (broad SMARTS) is 1. The molecule has 1 N–H and O–H groups in total. The second-order valence-electron chi connectivity index (χ2n) is 4.31. The van der Waals surface area contributed by atoms with Gasteiger partial charge in [0, 0.05) is 17.6 Å². The van der Waals surface area contributed by atoms with Crippen molar-refractivity contribution in [2.75, 3.05) is 7.05 Å². The maximum atomic E-state index is 11.3. The molecule has 2 atom stereocenters. The van der Waals surface area contributed by atoms with Gasteiger partial charge in [0.05, 0.1) is 5.54 Å². The molecule has 1 aliphatic rings. The fourth-order valence-corrected chi connectivity index (χ4v) is 3.25. The minimum absolute atomic E-state index is 0.454. The fourth-order valence-electron chi connectivity index (χ4n) is 2.29. The van der Waals surface area contributed by atoms with Gasteiger partial charge in [-0.3, -0.25) is 4.79 Å². The van der Waals surface area contributed by atoms with Gasteiger partial charge in [-0.15, -0.1) is 11.3 Å². The first kappa shape index (κ1) is 11.2. The molecule has 0 bridgehead atoms. The second kappa shape index (κ2) is 3.63. The quantitative estimate of drug-likeness (QED) is 0.859. The van der Waals surface area contributed by atoms with Gasteiger partial charge in [-0.2, -0.15) is 0 Å². The second-order valence-corrected chi connectivity index (χ2v) is 5.26. The smallest absolute Gasteiger partial charge is 0.313 e.